The Morgan fingerprint density at radius 3 is 2.57 bits per heavy atom. The third-order valence-corrected chi connectivity index (χ3v) is 6.93. The second-order valence-electron chi connectivity index (χ2n) is 7.89. The van der Waals surface area contributed by atoms with Gasteiger partial charge < -0.3 is 10.2 Å². The van der Waals surface area contributed by atoms with E-state index in [9.17, 15) is 18.0 Å². The molecule has 1 atom stereocenters. The van der Waals surface area contributed by atoms with Crippen molar-refractivity contribution in [1.29, 1.82) is 0 Å². The largest absolute Gasteiger partial charge is 0.342 e. The maximum Gasteiger partial charge on any atom is 0.240 e. The highest BCUT2D eigenvalue weighted by atomic mass is 32.2. The number of anilines is 1. The lowest BCUT2D eigenvalue weighted by atomic mass is 10.1. The van der Waals surface area contributed by atoms with E-state index >= 15 is 0 Å². The molecule has 0 aromatic heterocycles. The molecule has 1 saturated heterocycles. The molecule has 2 aromatic carbocycles. The molecule has 4 rings (SSSR count). The number of nitrogens with zero attached hydrogens (tertiary/aromatic N) is 1. The fraction of sp³-hybridized carbons (Fsp3) is 0.364. The minimum absolute atomic E-state index is 0.0135. The van der Waals surface area contributed by atoms with Gasteiger partial charge in [0.25, 0.3) is 0 Å². The Kier molecular flexibility index (Phi) is 5.87. The Labute approximate surface area is 176 Å². The minimum Gasteiger partial charge on any atom is -0.342 e. The number of sulfonamides is 1. The predicted molar refractivity (Wildman–Crippen MR) is 113 cm³/mol. The summed E-state index contributed by atoms with van der Waals surface area (Å²) >= 11 is 0. The van der Waals surface area contributed by atoms with Gasteiger partial charge in [-0.1, -0.05) is 36.4 Å². The summed E-state index contributed by atoms with van der Waals surface area (Å²) in [6.45, 7) is 0.950. The molecule has 1 aliphatic heterocycles. The van der Waals surface area contributed by atoms with E-state index in [1.165, 1.54) is 12.1 Å². The number of hydrogen-bond acceptors (Lipinski definition) is 4. The van der Waals surface area contributed by atoms with E-state index in [1.54, 1.807) is 17.0 Å². The molecule has 8 heteroatoms. The zero-order valence-electron chi connectivity index (χ0n) is 16.6. The van der Waals surface area contributed by atoms with Crippen molar-refractivity contribution < 1.29 is 18.0 Å². The zero-order valence-corrected chi connectivity index (χ0v) is 17.4. The van der Waals surface area contributed by atoms with Crippen molar-refractivity contribution in [1.82, 2.24) is 9.62 Å². The maximum atomic E-state index is 12.7. The number of amides is 2. The van der Waals surface area contributed by atoms with E-state index in [0.717, 1.165) is 24.8 Å². The maximum absolute atomic E-state index is 12.7. The Balaban J connectivity index is 1.35. The monoisotopic (exact) mass is 427 g/mol. The van der Waals surface area contributed by atoms with Crippen LogP contribution in [-0.4, -0.2) is 44.3 Å². The van der Waals surface area contributed by atoms with Crippen LogP contribution in [0.25, 0.3) is 0 Å². The summed E-state index contributed by atoms with van der Waals surface area (Å²) in [4.78, 5) is 26.8. The standard InChI is InChI=1S/C22H25N3O4S/c26-21-13-17(15-25(21)12-11-16-5-2-1-3-6-16)22(27)23-19-7-4-8-20(14-19)30(28,29)24-18-9-10-18/h1-8,14,17-18,24H,9-13,15H2,(H,23,27). The number of hydrogen-bond donors (Lipinski definition) is 2. The van der Waals surface area contributed by atoms with Crippen LogP contribution in [0.5, 0.6) is 0 Å². The number of nitrogens with one attached hydrogen (secondary N) is 2. The highest BCUT2D eigenvalue weighted by molar-refractivity contribution is 7.89. The first kappa shape index (κ1) is 20.6. The highest BCUT2D eigenvalue weighted by Crippen LogP contribution is 2.24. The predicted octanol–water partition coefficient (Wildman–Crippen LogP) is 2.16. The summed E-state index contributed by atoms with van der Waals surface area (Å²) in [6.07, 6.45) is 2.62. The molecular formula is C22H25N3O4S. The van der Waals surface area contributed by atoms with Gasteiger partial charge in [-0.3, -0.25) is 9.59 Å². The molecule has 2 fully saturated rings. The van der Waals surface area contributed by atoms with Crippen LogP contribution in [0.15, 0.2) is 59.5 Å². The van der Waals surface area contributed by atoms with Gasteiger partial charge in [0, 0.05) is 31.2 Å². The molecular weight excluding hydrogens is 402 g/mol. The molecule has 2 N–H and O–H groups in total. The molecule has 1 saturated carbocycles. The van der Waals surface area contributed by atoms with E-state index in [2.05, 4.69) is 10.0 Å². The van der Waals surface area contributed by atoms with Crippen LogP contribution in [-0.2, 0) is 26.0 Å². The molecule has 30 heavy (non-hydrogen) atoms. The number of benzene rings is 2. The quantitative estimate of drug-likeness (QED) is 0.675. The van der Waals surface area contributed by atoms with Gasteiger partial charge in [-0.15, -0.1) is 0 Å². The Morgan fingerprint density at radius 2 is 1.83 bits per heavy atom. The topological polar surface area (TPSA) is 95.6 Å². The highest BCUT2D eigenvalue weighted by Gasteiger charge is 2.34. The van der Waals surface area contributed by atoms with E-state index < -0.39 is 15.9 Å². The third-order valence-electron chi connectivity index (χ3n) is 5.41. The Morgan fingerprint density at radius 1 is 1.07 bits per heavy atom. The van der Waals surface area contributed by atoms with Crippen LogP contribution in [0, 0.1) is 5.92 Å². The zero-order chi connectivity index (χ0) is 21.1. The lowest BCUT2D eigenvalue weighted by molar-refractivity contribution is -0.128. The lowest BCUT2D eigenvalue weighted by Crippen LogP contribution is -2.30. The molecule has 1 unspecified atom stereocenters. The van der Waals surface area contributed by atoms with Gasteiger partial charge in [-0.05, 0) is 43.0 Å². The van der Waals surface area contributed by atoms with E-state index in [0.29, 0.717) is 18.8 Å². The molecule has 158 valence electrons. The third kappa shape index (κ3) is 5.06. The van der Waals surface area contributed by atoms with E-state index in [4.69, 9.17) is 0 Å². The Bertz CT molecular complexity index is 1040. The average molecular weight is 428 g/mol. The van der Waals surface area contributed by atoms with Crippen molar-refractivity contribution in [3.63, 3.8) is 0 Å². The van der Waals surface area contributed by atoms with Crippen LogP contribution in [0.1, 0.15) is 24.8 Å². The smallest absolute Gasteiger partial charge is 0.240 e. The fourth-order valence-corrected chi connectivity index (χ4v) is 4.90. The van der Waals surface area contributed by atoms with Crippen LogP contribution >= 0.6 is 0 Å². The molecule has 7 nitrogen and oxygen atoms in total. The van der Waals surface area contributed by atoms with Crippen molar-refractivity contribution in [2.24, 2.45) is 5.92 Å². The van der Waals surface area contributed by atoms with Crippen LogP contribution < -0.4 is 10.0 Å². The van der Waals surface area contributed by atoms with E-state index in [-0.39, 0.29) is 29.2 Å². The van der Waals surface area contributed by atoms with Crippen LogP contribution in [0.4, 0.5) is 5.69 Å². The van der Waals surface area contributed by atoms with Crippen molar-refractivity contribution in [3.05, 3.63) is 60.2 Å². The summed E-state index contributed by atoms with van der Waals surface area (Å²) in [6, 6.07) is 16.1. The van der Waals surface area contributed by atoms with Gasteiger partial charge in [-0.2, -0.15) is 0 Å². The van der Waals surface area contributed by atoms with Crippen molar-refractivity contribution in [2.75, 3.05) is 18.4 Å². The van der Waals surface area contributed by atoms with Crippen LogP contribution in [0.2, 0.25) is 0 Å². The van der Waals surface area contributed by atoms with Gasteiger partial charge in [0.15, 0.2) is 0 Å². The first-order valence-corrected chi connectivity index (χ1v) is 11.6. The summed E-state index contributed by atoms with van der Waals surface area (Å²) in [5.74, 6) is -0.746. The Hall–Kier alpha value is -2.71. The molecule has 0 radical (unpaired) electrons. The normalized spacial score (nSPS) is 19.1. The lowest BCUT2D eigenvalue weighted by Gasteiger charge is -2.16. The molecule has 1 aliphatic carbocycles. The van der Waals surface area contributed by atoms with Gasteiger partial charge in [0.2, 0.25) is 21.8 Å². The fourth-order valence-electron chi connectivity index (χ4n) is 3.55. The van der Waals surface area contributed by atoms with Gasteiger partial charge in [-0.25, -0.2) is 13.1 Å². The van der Waals surface area contributed by atoms with Crippen molar-refractivity contribution >= 4 is 27.5 Å². The molecule has 2 aromatic rings. The second-order valence-corrected chi connectivity index (χ2v) is 9.60. The first-order valence-electron chi connectivity index (χ1n) is 10.2. The minimum atomic E-state index is -3.59. The van der Waals surface area contributed by atoms with Crippen molar-refractivity contribution in [3.8, 4) is 0 Å². The second kappa shape index (κ2) is 8.57. The molecule has 2 aliphatic rings. The number of carbonyl (C=O) groups is 2. The summed E-state index contributed by atoms with van der Waals surface area (Å²) in [5.41, 5.74) is 1.56. The number of likely N-dealkylation sites (tertiary alicyclic amines) is 1. The molecule has 0 bridgehead atoms. The van der Waals surface area contributed by atoms with Crippen LogP contribution in [0.3, 0.4) is 0 Å². The average Bonchev–Trinajstić information content (AvgIpc) is 3.46. The summed E-state index contributed by atoms with van der Waals surface area (Å²) in [7, 11) is -3.59. The summed E-state index contributed by atoms with van der Waals surface area (Å²) < 4.78 is 27.4. The SMILES string of the molecule is O=C(Nc1cccc(S(=O)(=O)NC2CC2)c1)C1CC(=O)N(CCc2ccccc2)C1. The van der Waals surface area contributed by atoms with Crippen molar-refractivity contribution in [2.45, 2.75) is 36.6 Å². The molecule has 1 heterocycles. The van der Waals surface area contributed by atoms with Gasteiger partial charge >= 0.3 is 0 Å². The number of carbonyl (C=O) groups excluding carboxylic acids is 2. The molecule has 2 amide bonds. The number of rotatable bonds is 8. The summed E-state index contributed by atoms with van der Waals surface area (Å²) in [5, 5.41) is 2.77. The van der Waals surface area contributed by atoms with Gasteiger partial charge in [0.1, 0.15) is 0 Å². The van der Waals surface area contributed by atoms with Gasteiger partial charge in [0.05, 0.1) is 10.8 Å². The van der Waals surface area contributed by atoms with E-state index in [1.807, 2.05) is 30.3 Å². The first-order chi connectivity index (χ1) is 14.4. The molecule has 0 spiro atoms.